The molecule has 1 saturated heterocycles. The molecule has 2 N–H and O–H groups in total. The number of aromatic amines is 1. The van der Waals surface area contributed by atoms with Crippen molar-refractivity contribution in [3.8, 4) is 0 Å². The lowest BCUT2D eigenvalue weighted by Crippen LogP contribution is -2.48. The summed E-state index contributed by atoms with van der Waals surface area (Å²) in [6.07, 6.45) is 1.67. The number of carbonyl (C=O) groups is 1. The summed E-state index contributed by atoms with van der Waals surface area (Å²) in [6.45, 7) is 1.29. The fourth-order valence-corrected chi connectivity index (χ4v) is 3.68. The Morgan fingerprint density at radius 2 is 1.93 bits per heavy atom. The Bertz CT molecular complexity index is 1050. The summed E-state index contributed by atoms with van der Waals surface area (Å²) in [7, 11) is 0. The van der Waals surface area contributed by atoms with E-state index in [0.29, 0.717) is 28.7 Å². The van der Waals surface area contributed by atoms with Crippen LogP contribution in [0.1, 0.15) is 23.2 Å². The molecule has 1 aliphatic rings. The van der Waals surface area contributed by atoms with E-state index in [9.17, 15) is 14.0 Å². The number of aromatic nitrogens is 1. The number of fused-ring (bicyclic) bond motifs is 1. The molecule has 1 amide bonds. The molecule has 138 valence electrons. The van der Waals surface area contributed by atoms with Gasteiger partial charge in [-0.15, -0.1) is 0 Å². The third kappa shape index (κ3) is 3.56. The molecule has 0 spiro atoms. The number of carbonyl (C=O) groups excluding carboxylic acids is 1. The van der Waals surface area contributed by atoms with E-state index in [-0.39, 0.29) is 23.3 Å². The average Bonchev–Trinajstić information content (AvgIpc) is 2.68. The Labute approximate surface area is 155 Å². The molecule has 27 heavy (non-hydrogen) atoms. The highest BCUT2D eigenvalue weighted by Crippen LogP contribution is 2.23. The number of hydrogen-bond donors (Lipinski definition) is 2. The van der Waals surface area contributed by atoms with Crippen molar-refractivity contribution in [1.82, 2.24) is 10.3 Å². The summed E-state index contributed by atoms with van der Waals surface area (Å²) in [5.74, 6) is -0.539. The van der Waals surface area contributed by atoms with Crippen molar-refractivity contribution in [3.05, 3.63) is 76.3 Å². The summed E-state index contributed by atoms with van der Waals surface area (Å²) in [5, 5.41) is 3.72. The van der Waals surface area contributed by atoms with E-state index >= 15 is 0 Å². The van der Waals surface area contributed by atoms with Gasteiger partial charge in [0.15, 0.2) is 0 Å². The molecule has 0 radical (unpaired) electrons. The predicted octanol–water partition coefficient (Wildman–Crippen LogP) is 3.07. The van der Waals surface area contributed by atoms with Crippen LogP contribution in [-0.4, -0.2) is 30.0 Å². The summed E-state index contributed by atoms with van der Waals surface area (Å²) < 4.78 is 14.1. The fourth-order valence-electron chi connectivity index (χ4n) is 3.68. The summed E-state index contributed by atoms with van der Waals surface area (Å²) >= 11 is 0. The van der Waals surface area contributed by atoms with Gasteiger partial charge in [0, 0.05) is 36.1 Å². The Kier molecular flexibility index (Phi) is 4.62. The maximum absolute atomic E-state index is 14.1. The third-order valence-corrected chi connectivity index (χ3v) is 4.94. The zero-order chi connectivity index (χ0) is 18.8. The Morgan fingerprint density at radius 1 is 1.15 bits per heavy atom. The van der Waals surface area contributed by atoms with Gasteiger partial charge in [-0.2, -0.15) is 0 Å². The van der Waals surface area contributed by atoms with Gasteiger partial charge in [0.25, 0.3) is 5.91 Å². The largest absolute Gasteiger partial charge is 0.367 e. The topological polar surface area (TPSA) is 65.2 Å². The molecule has 1 aromatic heterocycles. The molecule has 0 saturated carbocycles. The first-order valence-electron chi connectivity index (χ1n) is 9.04. The average molecular weight is 365 g/mol. The molecule has 2 heterocycles. The van der Waals surface area contributed by atoms with Crippen LogP contribution in [0.25, 0.3) is 10.9 Å². The lowest BCUT2D eigenvalue weighted by atomic mass is 10.0. The van der Waals surface area contributed by atoms with Crippen LogP contribution in [0.15, 0.2) is 59.4 Å². The van der Waals surface area contributed by atoms with E-state index in [1.54, 1.807) is 18.2 Å². The van der Waals surface area contributed by atoms with Gasteiger partial charge in [0.1, 0.15) is 5.82 Å². The molecule has 2 aromatic carbocycles. The number of amides is 1. The number of anilines is 1. The molecular formula is C21H20FN3O2. The Balaban J connectivity index is 1.55. The van der Waals surface area contributed by atoms with Crippen LogP contribution < -0.4 is 15.8 Å². The van der Waals surface area contributed by atoms with Crippen molar-refractivity contribution in [2.45, 2.75) is 18.9 Å². The Morgan fingerprint density at radius 3 is 2.78 bits per heavy atom. The molecule has 3 aromatic rings. The van der Waals surface area contributed by atoms with Crippen LogP contribution in [0.3, 0.4) is 0 Å². The highest BCUT2D eigenvalue weighted by molar-refractivity contribution is 6.06. The number of benzene rings is 2. The first-order valence-corrected chi connectivity index (χ1v) is 9.04. The fraction of sp³-hybridized carbons (Fsp3) is 0.238. The van der Waals surface area contributed by atoms with Crippen molar-refractivity contribution in [3.63, 3.8) is 0 Å². The van der Waals surface area contributed by atoms with Gasteiger partial charge in [0.05, 0.1) is 11.3 Å². The molecule has 1 atom stereocenters. The smallest absolute Gasteiger partial charge is 0.252 e. The van der Waals surface area contributed by atoms with Crippen LogP contribution in [0.4, 0.5) is 10.1 Å². The number of H-pyrrole nitrogens is 1. The first-order chi connectivity index (χ1) is 13.1. The van der Waals surface area contributed by atoms with Crippen molar-refractivity contribution < 1.29 is 9.18 Å². The van der Waals surface area contributed by atoms with Crippen molar-refractivity contribution in [1.29, 1.82) is 0 Å². The lowest BCUT2D eigenvalue weighted by Gasteiger charge is -2.35. The number of nitrogens with zero attached hydrogens (tertiary/aromatic N) is 1. The van der Waals surface area contributed by atoms with E-state index < -0.39 is 0 Å². The minimum absolute atomic E-state index is 0.107. The normalized spacial score (nSPS) is 17.1. The highest BCUT2D eigenvalue weighted by atomic mass is 19.1. The van der Waals surface area contributed by atoms with Gasteiger partial charge in [-0.05, 0) is 31.0 Å². The van der Waals surface area contributed by atoms with Crippen molar-refractivity contribution >= 4 is 22.5 Å². The van der Waals surface area contributed by atoms with E-state index in [4.69, 9.17) is 0 Å². The SMILES string of the molecule is O=C(NC1CCCN(c2ccccc2F)C1)c1cc(=O)[nH]c2ccccc12. The van der Waals surface area contributed by atoms with E-state index in [0.717, 1.165) is 19.4 Å². The van der Waals surface area contributed by atoms with Crippen LogP contribution in [0.2, 0.25) is 0 Å². The number of para-hydroxylation sites is 2. The lowest BCUT2D eigenvalue weighted by molar-refractivity contribution is 0.0934. The second-order valence-corrected chi connectivity index (χ2v) is 6.80. The molecule has 1 aliphatic heterocycles. The van der Waals surface area contributed by atoms with E-state index in [2.05, 4.69) is 10.3 Å². The summed E-state index contributed by atoms with van der Waals surface area (Å²) in [5.41, 5.74) is 1.23. The number of piperidine rings is 1. The summed E-state index contributed by atoms with van der Waals surface area (Å²) in [6, 6.07) is 15.1. The molecule has 1 fully saturated rings. The maximum atomic E-state index is 14.1. The minimum atomic E-state index is -0.310. The van der Waals surface area contributed by atoms with Crippen molar-refractivity contribution in [2.24, 2.45) is 0 Å². The van der Waals surface area contributed by atoms with Crippen LogP contribution in [-0.2, 0) is 0 Å². The van der Waals surface area contributed by atoms with Gasteiger partial charge in [-0.3, -0.25) is 9.59 Å². The van der Waals surface area contributed by atoms with Gasteiger partial charge < -0.3 is 15.2 Å². The molecule has 0 bridgehead atoms. The molecular weight excluding hydrogens is 345 g/mol. The standard InChI is InChI=1S/C21H20FN3O2/c22-17-8-2-4-10-19(17)25-11-5-6-14(13-25)23-21(27)16-12-20(26)24-18-9-3-1-7-15(16)18/h1-4,7-10,12,14H,5-6,11,13H2,(H,23,27)(H,24,26). The summed E-state index contributed by atoms with van der Waals surface area (Å²) in [4.78, 5) is 29.4. The van der Waals surface area contributed by atoms with E-state index in [1.165, 1.54) is 12.1 Å². The van der Waals surface area contributed by atoms with Gasteiger partial charge in [-0.25, -0.2) is 4.39 Å². The monoisotopic (exact) mass is 365 g/mol. The van der Waals surface area contributed by atoms with Gasteiger partial charge >= 0.3 is 0 Å². The first kappa shape index (κ1) is 17.3. The van der Waals surface area contributed by atoms with Crippen LogP contribution in [0, 0.1) is 5.82 Å². The number of rotatable bonds is 3. The zero-order valence-electron chi connectivity index (χ0n) is 14.7. The number of nitrogens with one attached hydrogen (secondary N) is 2. The second kappa shape index (κ2) is 7.23. The second-order valence-electron chi connectivity index (χ2n) is 6.80. The van der Waals surface area contributed by atoms with Crippen LogP contribution >= 0.6 is 0 Å². The number of pyridine rings is 1. The Hall–Kier alpha value is -3.15. The minimum Gasteiger partial charge on any atom is -0.367 e. The number of hydrogen-bond acceptors (Lipinski definition) is 3. The van der Waals surface area contributed by atoms with Gasteiger partial charge in [-0.1, -0.05) is 30.3 Å². The number of halogens is 1. The van der Waals surface area contributed by atoms with Crippen LogP contribution in [0.5, 0.6) is 0 Å². The highest BCUT2D eigenvalue weighted by Gasteiger charge is 2.24. The molecule has 6 heteroatoms. The van der Waals surface area contributed by atoms with E-state index in [1.807, 2.05) is 29.2 Å². The quantitative estimate of drug-likeness (QED) is 0.750. The molecule has 4 rings (SSSR count). The zero-order valence-corrected chi connectivity index (χ0v) is 14.7. The van der Waals surface area contributed by atoms with Crippen molar-refractivity contribution in [2.75, 3.05) is 18.0 Å². The maximum Gasteiger partial charge on any atom is 0.252 e. The molecule has 0 aliphatic carbocycles. The third-order valence-electron chi connectivity index (χ3n) is 4.94. The molecule has 5 nitrogen and oxygen atoms in total. The molecule has 1 unspecified atom stereocenters. The predicted molar refractivity (Wildman–Crippen MR) is 104 cm³/mol. The van der Waals surface area contributed by atoms with Gasteiger partial charge in [0.2, 0.25) is 5.56 Å².